The molecule has 1 nitrogen and oxygen atoms in total. The standard InChI is InChI=1S/C15H15ClFN/c1-10-8-14(17)5-3-12(10)9-18-15-6-4-13(16)7-11(15)2/h3-8,18H,9H2,1-2H3. The van der Waals surface area contributed by atoms with E-state index in [1.807, 2.05) is 38.1 Å². The van der Waals surface area contributed by atoms with Crippen molar-refractivity contribution in [2.24, 2.45) is 0 Å². The summed E-state index contributed by atoms with van der Waals surface area (Å²) in [5, 5.41) is 4.07. The van der Waals surface area contributed by atoms with Gasteiger partial charge in [0.15, 0.2) is 0 Å². The number of hydrogen-bond acceptors (Lipinski definition) is 1. The van der Waals surface area contributed by atoms with Crippen LogP contribution in [0.15, 0.2) is 36.4 Å². The summed E-state index contributed by atoms with van der Waals surface area (Å²) in [4.78, 5) is 0. The first kappa shape index (κ1) is 12.9. The van der Waals surface area contributed by atoms with E-state index in [9.17, 15) is 4.39 Å². The van der Waals surface area contributed by atoms with E-state index in [1.165, 1.54) is 6.07 Å². The molecule has 0 fully saturated rings. The van der Waals surface area contributed by atoms with Crippen LogP contribution in [0.4, 0.5) is 10.1 Å². The van der Waals surface area contributed by atoms with Crippen LogP contribution >= 0.6 is 11.6 Å². The van der Waals surface area contributed by atoms with Gasteiger partial charge in [-0.1, -0.05) is 17.7 Å². The zero-order chi connectivity index (χ0) is 13.1. The predicted octanol–water partition coefficient (Wildman–Crippen LogP) is 4.71. The molecule has 3 heteroatoms. The average molecular weight is 264 g/mol. The Bertz CT molecular complexity index is 515. The van der Waals surface area contributed by atoms with Crippen LogP contribution in [0.1, 0.15) is 16.7 Å². The summed E-state index contributed by atoms with van der Waals surface area (Å²) >= 11 is 5.91. The quantitative estimate of drug-likeness (QED) is 0.846. The largest absolute Gasteiger partial charge is 0.381 e. The molecule has 0 aliphatic rings. The highest BCUT2D eigenvalue weighted by molar-refractivity contribution is 6.30. The topological polar surface area (TPSA) is 12.0 Å². The summed E-state index contributed by atoms with van der Waals surface area (Å²) in [6.07, 6.45) is 0. The van der Waals surface area contributed by atoms with Crippen LogP contribution in [0, 0.1) is 19.7 Å². The molecule has 0 amide bonds. The molecule has 0 saturated heterocycles. The lowest BCUT2D eigenvalue weighted by Gasteiger charge is -2.11. The Morgan fingerprint density at radius 3 is 2.50 bits per heavy atom. The van der Waals surface area contributed by atoms with Crippen LogP contribution < -0.4 is 5.32 Å². The molecule has 0 heterocycles. The maximum atomic E-state index is 13.0. The van der Waals surface area contributed by atoms with E-state index in [0.717, 1.165) is 27.4 Å². The second-order valence-electron chi connectivity index (χ2n) is 4.38. The summed E-state index contributed by atoms with van der Waals surface area (Å²) < 4.78 is 13.0. The highest BCUT2D eigenvalue weighted by Gasteiger charge is 2.02. The lowest BCUT2D eigenvalue weighted by Crippen LogP contribution is -2.02. The third-order valence-electron chi connectivity index (χ3n) is 2.96. The second-order valence-corrected chi connectivity index (χ2v) is 4.82. The molecular weight excluding hydrogens is 249 g/mol. The zero-order valence-electron chi connectivity index (χ0n) is 10.4. The van der Waals surface area contributed by atoms with Crippen molar-refractivity contribution >= 4 is 17.3 Å². The first-order valence-corrected chi connectivity index (χ1v) is 6.19. The number of hydrogen-bond donors (Lipinski definition) is 1. The SMILES string of the molecule is Cc1cc(F)ccc1CNc1ccc(Cl)cc1C. The molecule has 0 bridgehead atoms. The minimum atomic E-state index is -0.195. The van der Waals surface area contributed by atoms with Gasteiger partial charge < -0.3 is 5.32 Å². The summed E-state index contributed by atoms with van der Waals surface area (Å²) in [6, 6.07) is 10.6. The fourth-order valence-electron chi connectivity index (χ4n) is 1.87. The van der Waals surface area contributed by atoms with Gasteiger partial charge in [-0.05, 0) is 60.9 Å². The Morgan fingerprint density at radius 2 is 1.83 bits per heavy atom. The number of rotatable bonds is 3. The maximum absolute atomic E-state index is 13.0. The molecule has 0 spiro atoms. The van der Waals surface area contributed by atoms with Crippen molar-refractivity contribution in [3.63, 3.8) is 0 Å². The first-order valence-electron chi connectivity index (χ1n) is 5.81. The molecule has 0 aromatic heterocycles. The summed E-state index contributed by atoms with van der Waals surface area (Å²) in [7, 11) is 0. The minimum Gasteiger partial charge on any atom is -0.381 e. The second kappa shape index (κ2) is 5.40. The lowest BCUT2D eigenvalue weighted by molar-refractivity contribution is 0.625. The van der Waals surface area contributed by atoms with Crippen molar-refractivity contribution in [2.45, 2.75) is 20.4 Å². The Morgan fingerprint density at radius 1 is 1.06 bits per heavy atom. The molecule has 2 rings (SSSR count). The summed E-state index contributed by atoms with van der Waals surface area (Å²) in [5.41, 5.74) is 4.19. The van der Waals surface area contributed by atoms with Crippen LogP contribution in [-0.4, -0.2) is 0 Å². The number of aryl methyl sites for hydroxylation is 2. The molecule has 1 N–H and O–H groups in total. The van der Waals surface area contributed by atoms with Crippen LogP contribution in [0.2, 0.25) is 5.02 Å². The number of nitrogens with one attached hydrogen (secondary N) is 1. The van der Waals surface area contributed by atoms with Gasteiger partial charge in [-0.3, -0.25) is 0 Å². The third-order valence-corrected chi connectivity index (χ3v) is 3.20. The normalized spacial score (nSPS) is 10.4. The predicted molar refractivity (Wildman–Crippen MR) is 74.7 cm³/mol. The molecule has 2 aromatic rings. The van der Waals surface area contributed by atoms with Gasteiger partial charge in [0.05, 0.1) is 0 Å². The molecule has 0 unspecified atom stereocenters. The number of benzene rings is 2. The molecule has 0 aliphatic heterocycles. The van der Waals surface area contributed by atoms with Crippen LogP contribution in [0.3, 0.4) is 0 Å². The van der Waals surface area contributed by atoms with Crippen molar-refractivity contribution in [1.82, 2.24) is 0 Å². The van der Waals surface area contributed by atoms with E-state index in [1.54, 1.807) is 6.07 Å². The van der Waals surface area contributed by atoms with E-state index in [4.69, 9.17) is 11.6 Å². The highest BCUT2D eigenvalue weighted by atomic mass is 35.5. The van der Waals surface area contributed by atoms with Gasteiger partial charge in [-0.25, -0.2) is 4.39 Å². The Labute approximate surface area is 112 Å². The van der Waals surface area contributed by atoms with E-state index in [0.29, 0.717) is 6.54 Å². The summed E-state index contributed by atoms with van der Waals surface area (Å²) in [5.74, 6) is -0.195. The first-order chi connectivity index (χ1) is 8.56. The van der Waals surface area contributed by atoms with Crippen molar-refractivity contribution in [2.75, 3.05) is 5.32 Å². The monoisotopic (exact) mass is 263 g/mol. The van der Waals surface area contributed by atoms with Crippen molar-refractivity contribution < 1.29 is 4.39 Å². The Kier molecular flexibility index (Phi) is 3.87. The highest BCUT2D eigenvalue weighted by Crippen LogP contribution is 2.21. The van der Waals surface area contributed by atoms with Gasteiger partial charge >= 0.3 is 0 Å². The molecule has 0 radical (unpaired) electrons. The number of halogens is 2. The molecule has 0 atom stereocenters. The summed E-state index contributed by atoms with van der Waals surface area (Å²) in [6.45, 7) is 4.59. The van der Waals surface area contributed by atoms with Gasteiger partial charge in [0.1, 0.15) is 5.82 Å². The molecular formula is C15H15ClFN. The van der Waals surface area contributed by atoms with Gasteiger partial charge in [0.25, 0.3) is 0 Å². The molecule has 18 heavy (non-hydrogen) atoms. The molecule has 0 aliphatic carbocycles. The van der Waals surface area contributed by atoms with E-state index in [2.05, 4.69) is 5.32 Å². The van der Waals surface area contributed by atoms with E-state index in [-0.39, 0.29) is 5.82 Å². The maximum Gasteiger partial charge on any atom is 0.123 e. The smallest absolute Gasteiger partial charge is 0.123 e. The van der Waals surface area contributed by atoms with Gasteiger partial charge in [-0.15, -0.1) is 0 Å². The van der Waals surface area contributed by atoms with Crippen molar-refractivity contribution in [3.8, 4) is 0 Å². The Hall–Kier alpha value is -1.54. The van der Waals surface area contributed by atoms with Crippen LogP contribution in [0.5, 0.6) is 0 Å². The van der Waals surface area contributed by atoms with Crippen molar-refractivity contribution in [1.29, 1.82) is 0 Å². The lowest BCUT2D eigenvalue weighted by atomic mass is 10.1. The molecule has 94 valence electrons. The average Bonchev–Trinajstić information content (AvgIpc) is 2.30. The van der Waals surface area contributed by atoms with Gasteiger partial charge in [0.2, 0.25) is 0 Å². The van der Waals surface area contributed by atoms with Gasteiger partial charge in [-0.2, -0.15) is 0 Å². The molecule has 0 saturated carbocycles. The fraction of sp³-hybridized carbons (Fsp3) is 0.200. The Balaban J connectivity index is 2.11. The van der Waals surface area contributed by atoms with Crippen LogP contribution in [-0.2, 0) is 6.54 Å². The van der Waals surface area contributed by atoms with E-state index < -0.39 is 0 Å². The minimum absolute atomic E-state index is 0.195. The van der Waals surface area contributed by atoms with Crippen molar-refractivity contribution in [3.05, 3.63) is 63.9 Å². The van der Waals surface area contributed by atoms with Crippen LogP contribution in [0.25, 0.3) is 0 Å². The number of anilines is 1. The third kappa shape index (κ3) is 3.02. The molecule has 2 aromatic carbocycles. The van der Waals surface area contributed by atoms with Gasteiger partial charge in [0, 0.05) is 17.3 Å². The fourth-order valence-corrected chi connectivity index (χ4v) is 2.10. The zero-order valence-corrected chi connectivity index (χ0v) is 11.2. The van der Waals surface area contributed by atoms with E-state index >= 15 is 0 Å².